The maximum atomic E-state index is 4.00. The molecule has 0 aliphatic carbocycles. The number of nitrogens with zero attached hydrogens (tertiary/aromatic N) is 4. The number of hydrogen-bond acceptors (Lipinski definition) is 3. The molecule has 0 saturated heterocycles. The van der Waals surface area contributed by atoms with E-state index in [0.29, 0.717) is 11.5 Å². The molecule has 0 amide bonds. The van der Waals surface area contributed by atoms with E-state index >= 15 is 0 Å². The van der Waals surface area contributed by atoms with Gasteiger partial charge in [-0.25, -0.2) is 15.0 Å². The lowest BCUT2D eigenvalue weighted by Gasteiger charge is -1.96. The first-order chi connectivity index (χ1) is 4.86. The average Bonchev–Trinajstić information content (AvgIpc) is 2.33. The summed E-state index contributed by atoms with van der Waals surface area (Å²) in [7, 11) is 1.85. The van der Waals surface area contributed by atoms with Gasteiger partial charge >= 0.3 is 0 Å². The Hall–Kier alpha value is -1.45. The van der Waals surface area contributed by atoms with Crippen LogP contribution in [-0.2, 0) is 7.05 Å². The van der Waals surface area contributed by atoms with Gasteiger partial charge in [0.05, 0.1) is 12.5 Å². The maximum absolute atomic E-state index is 4.00. The lowest BCUT2D eigenvalue weighted by atomic mass is 10.4. The van der Waals surface area contributed by atoms with E-state index in [1.54, 1.807) is 10.9 Å². The number of rotatable bonds is 0. The minimum Gasteiger partial charge on any atom is -0.332 e. The van der Waals surface area contributed by atoms with E-state index in [-0.39, 0.29) is 0 Å². The number of aryl methyl sites for hydroxylation is 1. The number of hydrogen-bond donors (Lipinski definition) is 0. The van der Waals surface area contributed by atoms with Gasteiger partial charge in [-0.3, -0.25) is 0 Å². The van der Waals surface area contributed by atoms with Gasteiger partial charge in [0, 0.05) is 7.05 Å². The van der Waals surface area contributed by atoms with Crippen LogP contribution in [-0.4, -0.2) is 19.5 Å². The fraction of sp³-hybridized carbons (Fsp3) is 0.167. The molecule has 2 aliphatic rings. The van der Waals surface area contributed by atoms with Gasteiger partial charge in [0.1, 0.15) is 12.0 Å². The van der Waals surface area contributed by atoms with Crippen molar-refractivity contribution in [2.75, 3.05) is 0 Å². The highest BCUT2D eigenvalue weighted by Gasteiger charge is 2.04. The molecular weight excluding hydrogens is 128 g/mol. The van der Waals surface area contributed by atoms with Crippen LogP contribution in [0.2, 0.25) is 0 Å². The lowest BCUT2D eigenvalue weighted by molar-refractivity contribution is 0.850. The van der Waals surface area contributed by atoms with Crippen LogP contribution in [0.15, 0.2) is 12.7 Å². The predicted octanol–water partition coefficient (Wildman–Crippen LogP) is 0.115. The first kappa shape index (κ1) is 5.34. The Labute approximate surface area is 57.9 Å². The van der Waals surface area contributed by atoms with Gasteiger partial charge in [0.25, 0.3) is 0 Å². The second-order valence-electron chi connectivity index (χ2n) is 2.01. The van der Waals surface area contributed by atoms with Gasteiger partial charge in [-0.2, -0.15) is 0 Å². The monoisotopic (exact) mass is 133 g/mol. The van der Waals surface area contributed by atoms with E-state index in [9.17, 15) is 0 Å². The summed E-state index contributed by atoms with van der Waals surface area (Å²) in [4.78, 5) is 11.8. The highest BCUT2D eigenvalue weighted by molar-refractivity contribution is 5.46. The van der Waals surface area contributed by atoms with E-state index in [1.807, 2.05) is 7.05 Å². The third-order valence-corrected chi connectivity index (χ3v) is 1.21. The first-order valence-corrected chi connectivity index (χ1v) is 2.87. The summed E-state index contributed by atoms with van der Waals surface area (Å²) in [5, 5.41) is 0. The molecule has 0 N–H and O–H groups in total. The zero-order valence-electron chi connectivity index (χ0n) is 5.44. The van der Waals surface area contributed by atoms with Crippen molar-refractivity contribution in [2.24, 2.45) is 7.05 Å². The summed E-state index contributed by atoms with van der Waals surface area (Å²) in [5.41, 5.74) is 0.713. The molecule has 0 aromatic carbocycles. The molecule has 4 nitrogen and oxygen atoms in total. The van der Waals surface area contributed by atoms with E-state index < -0.39 is 0 Å². The average molecular weight is 133 g/mol. The summed E-state index contributed by atoms with van der Waals surface area (Å²) in [6.45, 7) is 0. The normalized spacial score (nSPS) is 10.5. The summed E-state index contributed by atoms with van der Waals surface area (Å²) >= 11 is 0. The minimum atomic E-state index is 0.651. The van der Waals surface area contributed by atoms with Crippen molar-refractivity contribution in [1.29, 1.82) is 0 Å². The fourth-order valence-electron chi connectivity index (χ4n) is 0.771. The first-order valence-electron chi connectivity index (χ1n) is 2.87. The molecule has 0 saturated carbocycles. The predicted molar refractivity (Wildman–Crippen MR) is 34.3 cm³/mol. The Balaban J connectivity index is 2.75. The Morgan fingerprint density at radius 2 is 2.30 bits per heavy atom. The Morgan fingerprint density at radius 3 is 3.20 bits per heavy atom. The number of fused-ring (bicyclic) bond motifs is 1. The molecule has 0 fully saturated rings. The van der Waals surface area contributed by atoms with Gasteiger partial charge in [0.15, 0.2) is 5.82 Å². The topological polar surface area (TPSA) is 43.6 Å². The highest BCUT2D eigenvalue weighted by atomic mass is 15.1. The third-order valence-electron chi connectivity index (χ3n) is 1.21. The molecule has 0 bridgehead atoms. The van der Waals surface area contributed by atoms with Crippen LogP contribution in [0.3, 0.4) is 0 Å². The van der Waals surface area contributed by atoms with Gasteiger partial charge in [0.2, 0.25) is 0 Å². The van der Waals surface area contributed by atoms with Gasteiger partial charge < -0.3 is 4.57 Å². The number of aromatic nitrogens is 4. The van der Waals surface area contributed by atoms with Crippen LogP contribution in [0.1, 0.15) is 0 Å². The van der Waals surface area contributed by atoms with Crippen molar-refractivity contribution in [2.45, 2.75) is 0 Å². The summed E-state index contributed by atoms with van der Waals surface area (Å²) in [6.07, 6.45) is 6.08. The molecule has 2 rings (SSSR count). The maximum Gasteiger partial charge on any atom is 0.183 e. The Kier molecular flexibility index (Phi) is 0.943. The van der Waals surface area contributed by atoms with Crippen LogP contribution >= 0.6 is 0 Å². The number of imidazole rings is 1. The lowest BCUT2D eigenvalue weighted by Crippen LogP contribution is -1.95. The Bertz CT molecular complexity index is 314. The largest absolute Gasteiger partial charge is 0.332 e. The molecular formula is C6H5N4. The van der Waals surface area contributed by atoms with E-state index in [4.69, 9.17) is 0 Å². The van der Waals surface area contributed by atoms with Gasteiger partial charge in [-0.05, 0) is 0 Å². The third kappa shape index (κ3) is 0.655. The smallest absolute Gasteiger partial charge is 0.183 e. The second-order valence-corrected chi connectivity index (χ2v) is 2.01. The molecule has 0 aromatic rings. The van der Waals surface area contributed by atoms with Crippen LogP contribution in [0.5, 0.6) is 0 Å². The van der Waals surface area contributed by atoms with Crippen molar-refractivity contribution in [3.63, 3.8) is 0 Å². The van der Waals surface area contributed by atoms with Crippen LogP contribution in [0.25, 0.3) is 11.5 Å². The molecule has 49 valence electrons. The fourth-order valence-corrected chi connectivity index (χ4v) is 0.771. The zero-order chi connectivity index (χ0) is 6.97. The quantitative estimate of drug-likeness (QED) is 0.512. The summed E-state index contributed by atoms with van der Waals surface area (Å²) < 4.78 is 1.72. The van der Waals surface area contributed by atoms with Crippen molar-refractivity contribution in [1.82, 2.24) is 19.5 Å². The van der Waals surface area contributed by atoms with Crippen LogP contribution in [0, 0.1) is 6.20 Å². The standard InChI is InChI=1S/C6H5N4/c1-10-2-5-6(9-4-10)8-3-7-5/h3-4H,1H3. The summed E-state index contributed by atoms with van der Waals surface area (Å²) in [5.74, 6) is 0.651. The van der Waals surface area contributed by atoms with Gasteiger partial charge in [-0.1, -0.05) is 0 Å². The molecule has 0 spiro atoms. The van der Waals surface area contributed by atoms with Crippen LogP contribution < -0.4 is 0 Å². The van der Waals surface area contributed by atoms with E-state index in [1.165, 1.54) is 6.33 Å². The van der Waals surface area contributed by atoms with Crippen molar-refractivity contribution in [3.8, 4) is 11.5 Å². The zero-order valence-corrected chi connectivity index (χ0v) is 5.44. The minimum absolute atomic E-state index is 0.651. The van der Waals surface area contributed by atoms with Crippen molar-refractivity contribution >= 4 is 0 Å². The molecule has 4 heteroatoms. The SMILES string of the molecule is Cn1[c]c2ncnc-2nc1. The van der Waals surface area contributed by atoms with Crippen molar-refractivity contribution < 1.29 is 0 Å². The van der Waals surface area contributed by atoms with E-state index in [0.717, 1.165) is 0 Å². The highest BCUT2D eigenvalue weighted by Crippen LogP contribution is 2.09. The molecule has 0 unspecified atom stereocenters. The van der Waals surface area contributed by atoms with Crippen LogP contribution in [0.4, 0.5) is 0 Å². The molecule has 0 atom stereocenters. The molecule has 0 aromatic heterocycles. The van der Waals surface area contributed by atoms with Crippen molar-refractivity contribution in [3.05, 3.63) is 18.9 Å². The van der Waals surface area contributed by atoms with E-state index in [2.05, 4.69) is 21.1 Å². The molecule has 2 aliphatic heterocycles. The molecule has 1 radical (unpaired) electrons. The summed E-state index contributed by atoms with van der Waals surface area (Å²) in [6, 6.07) is 0. The Morgan fingerprint density at radius 1 is 1.40 bits per heavy atom. The van der Waals surface area contributed by atoms with Gasteiger partial charge in [-0.15, -0.1) is 0 Å². The molecule has 2 heterocycles. The molecule has 10 heavy (non-hydrogen) atoms. The second kappa shape index (κ2) is 1.76.